The molecule has 0 radical (unpaired) electrons. The van der Waals surface area contributed by atoms with Crippen LogP contribution in [0.15, 0.2) is 48.8 Å². The van der Waals surface area contributed by atoms with Crippen LogP contribution in [-0.4, -0.2) is 39.8 Å². The summed E-state index contributed by atoms with van der Waals surface area (Å²) in [7, 11) is 0. The molecule has 1 aromatic carbocycles. The topological polar surface area (TPSA) is 63.6 Å². The molecule has 1 fully saturated rings. The number of hydrogen-bond donors (Lipinski definition) is 1. The maximum Gasteiger partial charge on any atom is 0.255 e. The summed E-state index contributed by atoms with van der Waals surface area (Å²) >= 11 is 0. The van der Waals surface area contributed by atoms with Gasteiger partial charge in [-0.25, -0.2) is 9.37 Å². The van der Waals surface area contributed by atoms with Crippen molar-refractivity contribution in [3.8, 4) is 11.3 Å². The standard InChI is InChI=1S/C21H23FN4O/c22-18-6-3-16(4-7-18)19-14-26-13-17(5-8-20(26)24-19)21(27)25-11-1-2-15(12-25)9-10-23/h3-8,13-15H,1-2,9-12,23H2/t15-/m0/s1. The van der Waals surface area contributed by atoms with Gasteiger partial charge in [-0.3, -0.25) is 4.79 Å². The van der Waals surface area contributed by atoms with Crippen LogP contribution in [0.1, 0.15) is 29.6 Å². The number of carbonyl (C=O) groups excluding carboxylic acids is 1. The smallest absolute Gasteiger partial charge is 0.255 e. The van der Waals surface area contributed by atoms with Crippen LogP contribution in [0.4, 0.5) is 4.39 Å². The molecule has 0 saturated carbocycles. The average molecular weight is 366 g/mol. The van der Waals surface area contributed by atoms with Gasteiger partial charge in [-0.15, -0.1) is 0 Å². The Kier molecular flexibility index (Phi) is 4.90. The van der Waals surface area contributed by atoms with Crippen LogP contribution in [0.25, 0.3) is 16.9 Å². The van der Waals surface area contributed by atoms with Gasteiger partial charge < -0.3 is 15.0 Å². The largest absolute Gasteiger partial charge is 0.338 e. The van der Waals surface area contributed by atoms with Gasteiger partial charge in [0.05, 0.1) is 11.3 Å². The van der Waals surface area contributed by atoms with Crippen molar-refractivity contribution < 1.29 is 9.18 Å². The monoisotopic (exact) mass is 366 g/mol. The molecule has 5 nitrogen and oxygen atoms in total. The molecule has 1 saturated heterocycles. The van der Waals surface area contributed by atoms with Gasteiger partial charge in [0.1, 0.15) is 11.5 Å². The molecule has 1 aliphatic rings. The van der Waals surface area contributed by atoms with Gasteiger partial charge in [-0.05, 0) is 68.1 Å². The van der Waals surface area contributed by atoms with Gasteiger partial charge >= 0.3 is 0 Å². The molecule has 0 unspecified atom stereocenters. The van der Waals surface area contributed by atoms with E-state index in [-0.39, 0.29) is 11.7 Å². The highest BCUT2D eigenvalue weighted by atomic mass is 19.1. The number of nitrogens with two attached hydrogens (primary N) is 1. The molecule has 0 bridgehead atoms. The predicted molar refractivity (Wildman–Crippen MR) is 103 cm³/mol. The first-order valence-electron chi connectivity index (χ1n) is 9.38. The molecule has 140 valence electrons. The van der Waals surface area contributed by atoms with Gasteiger partial charge in [-0.2, -0.15) is 0 Å². The van der Waals surface area contributed by atoms with Gasteiger partial charge in [0.2, 0.25) is 0 Å². The molecule has 1 atom stereocenters. The first kappa shape index (κ1) is 17.7. The molecule has 1 amide bonds. The Labute approximate surface area is 157 Å². The van der Waals surface area contributed by atoms with Crippen molar-refractivity contribution in [3.63, 3.8) is 0 Å². The maximum absolute atomic E-state index is 13.1. The Morgan fingerprint density at radius 2 is 2.00 bits per heavy atom. The summed E-state index contributed by atoms with van der Waals surface area (Å²) in [5, 5.41) is 0. The van der Waals surface area contributed by atoms with E-state index in [9.17, 15) is 9.18 Å². The molecule has 3 heterocycles. The summed E-state index contributed by atoms with van der Waals surface area (Å²) in [5.41, 5.74) is 8.68. The van der Waals surface area contributed by atoms with E-state index in [1.54, 1.807) is 12.1 Å². The number of imidazole rings is 1. The third kappa shape index (κ3) is 3.71. The van der Waals surface area contributed by atoms with Crippen molar-refractivity contribution in [2.24, 2.45) is 11.7 Å². The highest BCUT2D eigenvalue weighted by molar-refractivity contribution is 5.94. The molecule has 6 heteroatoms. The molecule has 1 aliphatic heterocycles. The number of amides is 1. The van der Waals surface area contributed by atoms with E-state index < -0.39 is 0 Å². The van der Waals surface area contributed by atoms with Crippen LogP contribution in [0.3, 0.4) is 0 Å². The molecule has 2 N–H and O–H groups in total. The van der Waals surface area contributed by atoms with Crippen LogP contribution >= 0.6 is 0 Å². The third-order valence-corrected chi connectivity index (χ3v) is 5.22. The minimum atomic E-state index is -0.273. The Morgan fingerprint density at radius 3 is 2.78 bits per heavy atom. The minimum absolute atomic E-state index is 0.0515. The number of pyridine rings is 1. The zero-order chi connectivity index (χ0) is 18.8. The highest BCUT2D eigenvalue weighted by Crippen LogP contribution is 2.23. The number of halogens is 1. The molecule has 4 rings (SSSR count). The lowest BCUT2D eigenvalue weighted by Gasteiger charge is -2.32. The molecule has 27 heavy (non-hydrogen) atoms. The molecular formula is C21H23FN4O. The quantitative estimate of drug-likeness (QED) is 0.770. The molecule has 2 aromatic heterocycles. The molecular weight excluding hydrogens is 343 g/mol. The fourth-order valence-corrected chi connectivity index (χ4v) is 3.78. The third-order valence-electron chi connectivity index (χ3n) is 5.22. The van der Waals surface area contributed by atoms with Crippen LogP contribution in [0.5, 0.6) is 0 Å². The van der Waals surface area contributed by atoms with E-state index in [4.69, 9.17) is 5.73 Å². The van der Waals surface area contributed by atoms with Crippen molar-refractivity contribution in [2.75, 3.05) is 19.6 Å². The maximum atomic E-state index is 13.1. The summed E-state index contributed by atoms with van der Waals surface area (Å²) in [6.07, 6.45) is 6.82. The van der Waals surface area contributed by atoms with Gasteiger partial charge in [-0.1, -0.05) is 0 Å². The highest BCUT2D eigenvalue weighted by Gasteiger charge is 2.24. The average Bonchev–Trinajstić information content (AvgIpc) is 3.11. The van der Waals surface area contributed by atoms with Crippen LogP contribution in [-0.2, 0) is 0 Å². The normalized spacial score (nSPS) is 17.4. The zero-order valence-corrected chi connectivity index (χ0v) is 15.1. The van der Waals surface area contributed by atoms with Crippen molar-refractivity contribution in [3.05, 3.63) is 60.2 Å². The second-order valence-electron chi connectivity index (χ2n) is 7.15. The van der Waals surface area contributed by atoms with Gasteiger partial charge in [0, 0.05) is 31.0 Å². The van der Waals surface area contributed by atoms with E-state index in [0.29, 0.717) is 18.0 Å². The first-order valence-corrected chi connectivity index (χ1v) is 9.38. The number of piperidine rings is 1. The fourth-order valence-electron chi connectivity index (χ4n) is 3.78. The Hall–Kier alpha value is -2.73. The Morgan fingerprint density at radius 1 is 1.19 bits per heavy atom. The number of likely N-dealkylation sites (tertiary alicyclic amines) is 1. The zero-order valence-electron chi connectivity index (χ0n) is 15.1. The van der Waals surface area contributed by atoms with E-state index in [0.717, 1.165) is 49.3 Å². The van der Waals surface area contributed by atoms with Gasteiger partial charge in [0.25, 0.3) is 5.91 Å². The fraction of sp³-hybridized carbons (Fsp3) is 0.333. The van der Waals surface area contributed by atoms with Crippen molar-refractivity contribution in [2.45, 2.75) is 19.3 Å². The van der Waals surface area contributed by atoms with Crippen LogP contribution in [0.2, 0.25) is 0 Å². The Bertz CT molecular complexity index is 948. The number of carbonyl (C=O) groups is 1. The second-order valence-corrected chi connectivity index (χ2v) is 7.15. The summed E-state index contributed by atoms with van der Waals surface area (Å²) in [4.78, 5) is 19.4. The number of aromatic nitrogens is 2. The summed E-state index contributed by atoms with van der Waals surface area (Å²) in [6.45, 7) is 2.24. The lowest BCUT2D eigenvalue weighted by molar-refractivity contribution is 0.0669. The molecule has 0 spiro atoms. The van der Waals surface area contributed by atoms with Crippen LogP contribution in [0, 0.1) is 11.7 Å². The van der Waals surface area contributed by atoms with Crippen molar-refractivity contribution in [1.29, 1.82) is 0 Å². The van der Waals surface area contributed by atoms with Crippen molar-refractivity contribution >= 4 is 11.6 Å². The minimum Gasteiger partial charge on any atom is -0.338 e. The lowest BCUT2D eigenvalue weighted by atomic mass is 9.94. The first-order chi connectivity index (χ1) is 13.1. The number of rotatable bonds is 4. The van der Waals surface area contributed by atoms with Gasteiger partial charge in [0.15, 0.2) is 0 Å². The Balaban J connectivity index is 1.57. The molecule has 0 aliphatic carbocycles. The number of benzene rings is 1. The van der Waals surface area contributed by atoms with Crippen molar-refractivity contribution in [1.82, 2.24) is 14.3 Å². The lowest BCUT2D eigenvalue weighted by Crippen LogP contribution is -2.40. The number of nitrogens with zero attached hydrogens (tertiary/aromatic N) is 3. The summed E-state index contributed by atoms with van der Waals surface area (Å²) < 4.78 is 15.0. The number of fused-ring (bicyclic) bond motifs is 1. The molecule has 3 aromatic rings. The summed E-state index contributed by atoms with van der Waals surface area (Å²) in [5.74, 6) is 0.273. The van der Waals surface area contributed by atoms with E-state index in [1.807, 2.05) is 33.8 Å². The second kappa shape index (κ2) is 7.48. The van der Waals surface area contributed by atoms with E-state index in [2.05, 4.69) is 4.98 Å². The summed E-state index contributed by atoms with van der Waals surface area (Å²) in [6, 6.07) is 9.92. The van der Waals surface area contributed by atoms with E-state index in [1.165, 1.54) is 12.1 Å². The van der Waals surface area contributed by atoms with Crippen LogP contribution < -0.4 is 5.73 Å². The number of hydrogen-bond acceptors (Lipinski definition) is 3. The van der Waals surface area contributed by atoms with E-state index >= 15 is 0 Å². The predicted octanol–water partition coefficient (Wildman–Crippen LogP) is 3.34. The SMILES string of the molecule is NCC[C@@H]1CCCN(C(=O)c2ccc3nc(-c4ccc(F)cc4)cn3c2)C1.